The predicted molar refractivity (Wildman–Crippen MR) is 189 cm³/mol. The summed E-state index contributed by atoms with van der Waals surface area (Å²) in [6.45, 7) is 22.7. The van der Waals surface area contributed by atoms with E-state index in [1.54, 1.807) is 23.3 Å². The van der Waals surface area contributed by atoms with Gasteiger partial charge in [-0.15, -0.1) is 0 Å². The van der Waals surface area contributed by atoms with E-state index in [9.17, 15) is 9.18 Å². The van der Waals surface area contributed by atoms with Gasteiger partial charge in [0.1, 0.15) is 5.82 Å². The molecule has 45 heavy (non-hydrogen) atoms. The van der Waals surface area contributed by atoms with Gasteiger partial charge < -0.3 is 9.74 Å². The lowest BCUT2D eigenvalue weighted by molar-refractivity contribution is -0.144. The lowest BCUT2D eigenvalue weighted by Crippen LogP contribution is -2.58. The summed E-state index contributed by atoms with van der Waals surface area (Å²) >= 11 is 0. The zero-order valence-electron chi connectivity index (χ0n) is 30.3. The van der Waals surface area contributed by atoms with Gasteiger partial charge in [-0.05, 0) is 128 Å². The van der Waals surface area contributed by atoms with Crippen LogP contribution in [0.5, 0.6) is 0 Å². The molecule has 253 valence electrons. The molecule has 3 aliphatic carbocycles. The van der Waals surface area contributed by atoms with Gasteiger partial charge in [0.25, 0.3) is 0 Å². The third-order valence-corrected chi connectivity index (χ3v) is 15.2. The SMILES string of the molecule is CC1=C(CCC(=O)NCCCCCCc2cccc(F)c2)C2CCC3C(C)(C)[C@@H](O[Si](C(C)C)C(C)(C)C)CC[C@]3(C)C2CC1. The average Bonchev–Trinajstić information content (AvgIpc) is 2.94. The summed E-state index contributed by atoms with van der Waals surface area (Å²) in [5, 5.41) is 3.45. The molecule has 0 aromatic heterocycles. The van der Waals surface area contributed by atoms with Crippen molar-refractivity contribution < 1.29 is 13.6 Å². The third kappa shape index (κ3) is 8.72. The standard InChI is InChI=1S/C40H65FNO2Si/c1-28(2)45(38(4,5)6)44-36-24-25-40(9)34-21-18-29(3)32(33(34)19-22-35(40)39(36,7)8)20-23-37(43)42-26-13-11-10-12-15-30-16-14-17-31(41)27-30/h14,16-17,27-28,33-36H,10-13,15,18-26H2,1-9H3,(H,42,43)/t33?,34?,35?,36-,40+/m0/s1. The summed E-state index contributed by atoms with van der Waals surface area (Å²) < 4.78 is 20.5. The number of halogens is 1. The molecule has 4 rings (SSSR count). The fourth-order valence-electron chi connectivity index (χ4n) is 10.0. The Balaban J connectivity index is 1.26. The molecule has 5 atom stereocenters. The molecule has 1 aromatic rings. The highest BCUT2D eigenvalue weighted by Gasteiger charge is 2.59. The van der Waals surface area contributed by atoms with Crippen LogP contribution in [-0.4, -0.2) is 27.6 Å². The molecule has 1 amide bonds. The molecule has 3 aliphatic rings. The number of carbonyl (C=O) groups excluding carboxylic acids is 1. The molecule has 2 fully saturated rings. The summed E-state index contributed by atoms with van der Waals surface area (Å²) in [4.78, 5) is 12.9. The van der Waals surface area contributed by atoms with Crippen molar-refractivity contribution >= 4 is 14.9 Å². The monoisotopic (exact) mass is 638 g/mol. The molecule has 0 saturated heterocycles. The van der Waals surface area contributed by atoms with Crippen LogP contribution in [0.4, 0.5) is 4.39 Å². The second kappa shape index (κ2) is 15.2. The fraction of sp³-hybridized carbons (Fsp3) is 0.775. The van der Waals surface area contributed by atoms with Crippen LogP contribution >= 0.6 is 0 Å². The number of carbonyl (C=O) groups is 1. The summed E-state index contributed by atoms with van der Waals surface area (Å²) in [7, 11) is -0.938. The Kier molecular flexibility index (Phi) is 12.3. The molecule has 0 spiro atoms. The zero-order valence-corrected chi connectivity index (χ0v) is 31.3. The quantitative estimate of drug-likeness (QED) is 0.133. The van der Waals surface area contributed by atoms with Gasteiger partial charge in [0.05, 0.1) is 6.10 Å². The topological polar surface area (TPSA) is 38.3 Å². The maximum Gasteiger partial charge on any atom is 0.220 e. The third-order valence-electron chi connectivity index (χ3n) is 12.2. The molecular weight excluding hydrogens is 574 g/mol. The Morgan fingerprint density at radius 1 is 1.04 bits per heavy atom. The number of fused-ring (bicyclic) bond motifs is 3. The summed E-state index contributed by atoms with van der Waals surface area (Å²) in [5.41, 5.74) is 5.40. The largest absolute Gasteiger partial charge is 0.412 e. The van der Waals surface area contributed by atoms with Crippen molar-refractivity contribution in [1.82, 2.24) is 5.32 Å². The molecular formula is C40H65FNO2Si. The highest BCUT2D eigenvalue weighted by Crippen LogP contribution is 2.65. The molecule has 3 unspecified atom stereocenters. The maximum absolute atomic E-state index is 13.4. The average molecular weight is 639 g/mol. The van der Waals surface area contributed by atoms with E-state index in [2.05, 4.69) is 67.6 Å². The molecule has 1 radical (unpaired) electrons. The van der Waals surface area contributed by atoms with E-state index in [-0.39, 0.29) is 22.2 Å². The number of rotatable bonds is 13. The van der Waals surface area contributed by atoms with E-state index in [1.807, 2.05) is 6.07 Å². The normalized spacial score (nSPS) is 28.3. The molecule has 0 heterocycles. The number of benzene rings is 1. The first-order chi connectivity index (χ1) is 21.1. The van der Waals surface area contributed by atoms with Crippen molar-refractivity contribution in [2.45, 2.75) is 162 Å². The predicted octanol–water partition coefficient (Wildman–Crippen LogP) is 11.0. The Hall–Kier alpha value is -1.46. The van der Waals surface area contributed by atoms with Gasteiger partial charge in [0.15, 0.2) is 0 Å². The Bertz CT molecular complexity index is 1170. The van der Waals surface area contributed by atoms with E-state index >= 15 is 0 Å². The minimum absolute atomic E-state index is 0.152. The number of aryl methyl sites for hydroxylation is 1. The first-order valence-corrected chi connectivity index (χ1v) is 19.9. The van der Waals surface area contributed by atoms with Gasteiger partial charge >= 0.3 is 0 Å². The number of hydrogen-bond acceptors (Lipinski definition) is 2. The van der Waals surface area contributed by atoms with Gasteiger partial charge in [-0.25, -0.2) is 4.39 Å². The van der Waals surface area contributed by atoms with Crippen molar-refractivity contribution in [3.8, 4) is 0 Å². The first-order valence-electron chi connectivity index (χ1n) is 18.4. The van der Waals surface area contributed by atoms with Crippen LogP contribution in [0.3, 0.4) is 0 Å². The molecule has 5 heteroatoms. The summed E-state index contributed by atoms with van der Waals surface area (Å²) in [6.07, 6.45) is 14.6. The van der Waals surface area contributed by atoms with E-state index in [0.717, 1.165) is 56.6 Å². The van der Waals surface area contributed by atoms with Crippen LogP contribution in [-0.2, 0) is 15.6 Å². The molecule has 1 aromatic carbocycles. The molecule has 0 aliphatic heterocycles. The molecule has 3 nitrogen and oxygen atoms in total. The number of hydrogen-bond donors (Lipinski definition) is 1. The Morgan fingerprint density at radius 2 is 1.78 bits per heavy atom. The van der Waals surface area contributed by atoms with E-state index in [0.29, 0.717) is 35.3 Å². The highest BCUT2D eigenvalue weighted by molar-refractivity contribution is 6.56. The van der Waals surface area contributed by atoms with Crippen molar-refractivity contribution in [3.05, 3.63) is 46.8 Å². The van der Waals surface area contributed by atoms with Crippen LogP contribution in [0.15, 0.2) is 35.4 Å². The molecule has 0 bridgehead atoms. The Labute approximate surface area is 277 Å². The van der Waals surface area contributed by atoms with Crippen molar-refractivity contribution in [3.63, 3.8) is 0 Å². The zero-order chi connectivity index (χ0) is 33.0. The van der Waals surface area contributed by atoms with E-state index in [4.69, 9.17) is 4.43 Å². The van der Waals surface area contributed by atoms with Crippen LogP contribution in [0.2, 0.25) is 10.6 Å². The summed E-state index contributed by atoms with van der Waals surface area (Å²) in [5.74, 6) is 2.11. The smallest absolute Gasteiger partial charge is 0.220 e. The van der Waals surface area contributed by atoms with E-state index in [1.165, 1.54) is 44.6 Å². The first kappa shape index (κ1) is 36.4. The minimum atomic E-state index is -0.938. The number of nitrogens with one attached hydrogen (secondary N) is 1. The van der Waals surface area contributed by atoms with Gasteiger partial charge in [-0.1, -0.05) is 91.5 Å². The van der Waals surface area contributed by atoms with Crippen molar-refractivity contribution in [2.24, 2.45) is 28.6 Å². The fourth-order valence-corrected chi connectivity index (χ4v) is 13.1. The van der Waals surface area contributed by atoms with Crippen molar-refractivity contribution in [2.75, 3.05) is 6.54 Å². The second-order valence-electron chi connectivity index (χ2n) is 17.1. The van der Waals surface area contributed by atoms with Crippen LogP contribution in [0, 0.1) is 34.4 Å². The van der Waals surface area contributed by atoms with Gasteiger partial charge in [-0.3, -0.25) is 4.79 Å². The minimum Gasteiger partial charge on any atom is -0.412 e. The van der Waals surface area contributed by atoms with Gasteiger partial charge in [-0.2, -0.15) is 0 Å². The van der Waals surface area contributed by atoms with Crippen LogP contribution in [0.1, 0.15) is 145 Å². The lowest BCUT2D eigenvalue weighted by atomic mass is 9.43. The molecule has 2 saturated carbocycles. The Morgan fingerprint density at radius 3 is 2.47 bits per heavy atom. The highest BCUT2D eigenvalue weighted by atomic mass is 28.3. The van der Waals surface area contributed by atoms with Crippen molar-refractivity contribution in [1.29, 1.82) is 0 Å². The maximum atomic E-state index is 13.4. The number of allylic oxidation sites excluding steroid dienone is 2. The number of unbranched alkanes of at least 4 members (excludes halogenated alkanes) is 3. The van der Waals surface area contributed by atoms with E-state index < -0.39 is 9.04 Å². The summed E-state index contributed by atoms with van der Waals surface area (Å²) in [6, 6.07) is 6.92. The van der Waals surface area contributed by atoms with Gasteiger partial charge in [0, 0.05) is 13.0 Å². The van der Waals surface area contributed by atoms with Crippen LogP contribution < -0.4 is 5.32 Å². The lowest BCUT2D eigenvalue weighted by Gasteiger charge is -2.63. The van der Waals surface area contributed by atoms with Crippen LogP contribution in [0.25, 0.3) is 0 Å². The van der Waals surface area contributed by atoms with Gasteiger partial charge in [0.2, 0.25) is 14.9 Å². The number of amides is 1. The second-order valence-corrected chi connectivity index (χ2v) is 20.7. The molecule has 1 N–H and O–H groups in total.